The fraction of sp³-hybridized carbons (Fsp3) is 0. The lowest BCUT2D eigenvalue weighted by Crippen LogP contribution is -1.89. The van der Waals surface area contributed by atoms with Gasteiger partial charge in [-0.05, 0) is 50.1 Å². The van der Waals surface area contributed by atoms with Crippen molar-refractivity contribution in [3.8, 4) is 11.3 Å². The summed E-state index contributed by atoms with van der Waals surface area (Å²) in [7, 11) is 0. The topological polar surface area (TPSA) is 12.9 Å². The minimum absolute atomic E-state index is 0.274. The van der Waals surface area contributed by atoms with Crippen molar-refractivity contribution in [2.24, 2.45) is 0 Å². The zero-order valence-corrected chi connectivity index (χ0v) is 10.7. The molecule has 1 heterocycles. The van der Waals surface area contributed by atoms with E-state index >= 15 is 0 Å². The molecule has 0 saturated carbocycles. The lowest BCUT2D eigenvalue weighted by Gasteiger charge is -2.05. The highest BCUT2D eigenvalue weighted by Crippen LogP contribution is 2.32. The lowest BCUT2D eigenvalue weighted by atomic mass is 10.1. The minimum atomic E-state index is -0.274. The molecule has 2 rings (SSSR count). The van der Waals surface area contributed by atoms with Gasteiger partial charge in [0.2, 0.25) is 0 Å². The van der Waals surface area contributed by atoms with Gasteiger partial charge in [0, 0.05) is 16.2 Å². The Balaban J connectivity index is 2.65. The molecular formula is C11H6Br2FN. The third kappa shape index (κ3) is 2.11. The molecule has 0 aliphatic heterocycles. The second kappa shape index (κ2) is 4.41. The number of rotatable bonds is 1. The van der Waals surface area contributed by atoms with Crippen LogP contribution >= 0.6 is 31.9 Å². The van der Waals surface area contributed by atoms with E-state index in [-0.39, 0.29) is 5.82 Å². The maximum absolute atomic E-state index is 13.5. The summed E-state index contributed by atoms with van der Waals surface area (Å²) >= 11 is 6.73. The number of hydrogen-bond donors (Lipinski definition) is 0. The highest BCUT2D eigenvalue weighted by molar-refractivity contribution is 9.13. The molecule has 0 amide bonds. The molecule has 1 aromatic carbocycles. The van der Waals surface area contributed by atoms with Crippen LogP contribution in [0.2, 0.25) is 0 Å². The van der Waals surface area contributed by atoms with Gasteiger partial charge in [0.05, 0.1) is 10.2 Å². The van der Waals surface area contributed by atoms with Gasteiger partial charge in [-0.15, -0.1) is 0 Å². The Hall–Kier alpha value is -0.740. The van der Waals surface area contributed by atoms with E-state index in [1.807, 2.05) is 0 Å². The zero-order valence-electron chi connectivity index (χ0n) is 7.55. The van der Waals surface area contributed by atoms with Gasteiger partial charge in [0.25, 0.3) is 0 Å². The number of hydrogen-bond acceptors (Lipinski definition) is 1. The fourth-order valence-corrected chi connectivity index (χ4v) is 2.02. The van der Waals surface area contributed by atoms with Gasteiger partial charge in [-0.25, -0.2) is 4.39 Å². The van der Waals surface area contributed by atoms with Crippen LogP contribution in [0.15, 0.2) is 45.5 Å². The van der Waals surface area contributed by atoms with Gasteiger partial charge in [-0.1, -0.05) is 12.1 Å². The van der Waals surface area contributed by atoms with Crippen LogP contribution in [0.3, 0.4) is 0 Å². The first kappa shape index (κ1) is 10.8. The van der Waals surface area contributed by atoms with Crippen molar-refractivity contribution in [1.82, 2.24) is 4.98 Å². The molecule has 0 aliphatic carbocycles. The molecule has 1 nitrogen and oxygen atoms in total. The first-order chi connectivity index (χ1) is 7.20. The van der Waals surface area contributed by atoms with E-state index < -0.39 is 0 Å². The summed E-state index contributed by atoms with van der Waals surface area (Å²) in [5.74, 6) is -0.274. The summed E-state index contributed by atoms with van der Waals surface area (Å²) < 4.78 is 15.1. The monoisotopic (exact) mass is 329 g/mol. The first-order valence-electron chi connectivity index (χ1n) is 4.25. The summed E-state index contributed by atoms with van der Waals surface area (Å²) in [4.78, 5) is 4.15. The Morgan fingerprint density at radius 3 is 2.53 bits per heavy atom. The van der Waals surface area contributed by atoms with Gasteiger partial charge in [0.15, 0.2) is 0 Å². The maximum Gasteiger partial charge on any atom is 0.132 e. The molecule has 0 atom stereocenters. The van der Waals surface area contributed by atoms with Crippen LogP contribution in [-0.4, -0.2) is 4.98 Å². The van der Waals surface area contributed by atoms with Crippen molar-refractivity contribution in [2.75, 3.05) is 0 Å². The molecule has 0 aliphatic rings. The normalized spacial score (nSPS) is 10.3. The van der Waals surface area contributed by atoms with Gasteiger partial charge in [-0.2, -0.15) is 0 Å². The summed E-state index contributed by atoms with van der Waals surface area (Å²) in [5.41, 5.74) is 1.09. The number of halogens is 3. The molecule has 0 unspecified atom stereocenters. The molecular weight excluding hydrogens is 325 g/mol. The summed E-state index contributed by atoms with van der Waals surface area (Å²) in [6.45, 7) is 0. The quantitative estimate of drug-likeness (QED) is 0.754. The van der Waals surface area contributed by atoms with Crippen molar-refractivity contribution in [3.05, 3.63) is 51.3 Å². The van der Waals surface area contributed by atoms with Crippen molar-refractivity contribution >= 4 is 31.9 Å². The minimum Gasteiger partial charge on any atom is -0.255 e. The standard InChI is InChI=1S/C11H6Br2FN/c12-8-5-6-15-11(10(8)13)7-3-1-2-4-9(7)14/h1-6H. The molecule has 76 valence electrons. The van der Waals surface area contributed by atoms with Crippen LogP contribution in [0.4, 0.5) is 4.39 Å². The molecule has 0 saturated heterocycles. The molecule has 0 bridgehead atoms. The second-order valence-electron chi connectivity index (χ2n) is 2.94. The Labute approximate surface area is 104 Å². The predicted octanol–water partition coefficient (Wildman–Crippen LogP) is 4.41. The molecule has 1 aromatic heterocycles. The maximum atomic E-state index is 13.5. The fourth-order valence-electron chi connectivity index (χ4n) is 1.26. The molecule has 2 aromatic rings. The Morgan fingerprint density at radius 2 is 1.80 bits per heavy atom. The van der Waals surface area contributed by atoms with Gasteiger partial charge in [-0.3, -0.25) is 4.98 Å². The van der Waals surface area contributed by atoms with Gasteiger partial charge >= 0.3 is 0 Å². The average Bonchev–Trinajstić information content (AvgIpc) is 2.23. The SMILES string of the molecule is Fc1ccccc1-c1nccc(Br)c1Br. The van der Waals surface area contributed by atoms with E-state index in [0.717, 1.165) is 8.95 Å². The van der Waals surface area contributed by atoms with Gasteiger partial charge < -0.3 is 0 Å². The third-order valence-electron chi connectivity index (χ3n) is 1.97. The number of pyridine rings is 1. The predicted molar refractivity (Wildman–Crippen MR) is 65.0 cm³/mol. The van der Waals surface area contributed by atoms with Crippen LogP contribution in [0.1, 0.15) is 0 Å². The number of nitrogens with zero attached hydrogens (tertiary/aromatic N) is 1. The van der Waals surface area contributed by atoms with Crippen LogP contribution in [-0.2, 0) is 0 Å². The smallest absolute Gasteiger partial charge is 0.132 e. The van der Waals surface area contributed by atoms with E-state index in [9.17, 15) is 4.39 Å². The van der Waals surface area contributed by atoms with Crippen molar-refractivity contribution in [2.45, 2.75) is 0 Å². The van der Waals surface area contributed by atoms with E-state index in [1.165, 1.54) is 6.07 Å². The van der Waals surface area contributed by atoms with Crippen LogP contribution in [0.25, 0.3) is 11.3 Å². The highest BCUT2D eigenvalue weighted by atomic mass is 79.9. The van der Waals surface area contributed by atoms with E-state index in [4.69, 9.17) is 0 Å². The second-order valence-corrected chi connectivity index (χ2v) is 4.58. The number of benzene rings is 1. The molecule has 0 radical (unpaired) electrons. The largest absolute Gasteiger partial charge is 0.255 e. The molecule has 0 N–H and O–H groups in total. The molecule has 0 fully saturated rings. The van der Waals surface area contributed by atoms with E-state index in [2.05, 4.69) is 36.8 Å². The Kier molecular flexibility index (Phi) is 3.17. The summed E-state index contributed by atoms with van der Waals surface area (Å²) in [6.07, 6.45) is 1.64. The van der Waals surface area contributed by atoms with Crippen molar-refractivity contribution in [3.63, 3.8) is 0 Å². The van der Waals surface area contributed by atoms with Gasteiger partial charge in [0.1, 0.15) is 5.82 Å². The van der Waals surface area contributed by atoms with Crippen molar-refractivity contribution in [1.29, 1.82) is 0 Å². The molecule has 0 spiro atoms. The summed E-state index contributed by atoms with van der Waals surface area (Å²) in [6, 6.07) is 8.37. The van der Waals surface area contributed by atoms with E-state index in [1.54, 1.807) is 30.5 Å². The average molecular weight is 331 g/mol. The Morgan fingerprint density at radius 1 is 1.07 bits per heavy atom. The van der Waals surface area contributed by atoms with Crippen molar-refractivity contribution < 1.29 is 4.39 Å². The molecule has 15 heavy (non-hydrogen) atoms. The van der Waals surface area contributed by atoms with Crippen LogP contribution in [0.5, 0.6) is 0 Å². The van der Waals surface area contributed by atoms with Crippen LogP contribution < -0.4 is 0 Å². The van der Waals surface area contributed by atoms with E-state index in [0.29, 0.717) is 11.3 Å². The Bertz CT molecular complexity index is 500. The lowest BCUT2D eigenvalue weighted by molar-refractivity contribution is 0.630. The first-order valence-corrected chi connectivity index (χ1v) is 5.83. The zero-order chi connectivity index (χ0) is 10.8. The summed E-state index contributed by atoms with van der Waals surface area (Å²) in [5, 5.41) is 0. The van der Waals surface area contributed by atoms with Crippen LogP contribution in [0, 0.1) is 5.82 Å². The third-order valence-corrected chi connectivity index (χ3v) is 3.97. The molecule has 4 heteroatoms. The number of aromatic nitrogens is 1. The highest BCUT2D eigenvalue weighted by Gasteiger charge is 2.10.